The van der Waals surface area contributed by atoms with E-state index in [-0.39, 0.29) is 5.91 Å². The van der Waals surface area contributed by atoms with E-state index in [4.69, 9.17) is 0 Å². The summed E-state index contributed by atoms with van der Waals surface area (Å²) in [4.78, 5) is 20.0. The summed E-state index contributed by atoms with van der Waals surface area (Å²) >= 11 is 3.53. The fourth-order valence-electron chi connectivity index (χ4n) is 3.52. The smallest absolute Gasteiger partial charge is 0.251 e. The van der Waals surface area contributed by atoms with Crippen molar-refractivity contribution in [1.82, 2.24) is 24.2 Å². The molecule has 3 aromatic rings. The van der Waals surface area contributed by atoms with E-state index in [0.717, 1.165) is 53.1 Å². The summed E-state index contributed by atoms with van der Waals surface area (Å²) in [6.45, 7) is 13.7. The first-order chi connectivity index (χ1) is 13.9. The second kappa shape index (κ2) is 9.09. The van der Waals surface area contributed by atoms with E-state index in [0.29, 0.717) is 5.95 Å². The summed E-state index contributed by atoms with van der Waals surface area (Å²) in [6.07, 6.45) is 0. The molecule has 3 rings (SSSR count). The third-order valence-electron chi connectivity index (χ3n) is 5.41. The molecule has 29 heavy (non-hydrogen) atoms. The summed E-state index contributed by atoms with van der Waals surface area (Å²) in [5.41, 5.74) is 3.70. The van der Waals surface area contributed by atoms with Crippen molar-refractivity contribution in [3.05, 3.63) is 40.1 Å². The Morgan fingerprint density at radius 1 is 1.24 bits per heavy atom. The van der Waals surface area contributed by atoms with Crippen LogP contribution < -0.4 is 5.32 Å². The van der Waals surface area contributed by atoms with Crippen molar-refractivity contribution in [3.63, 3.8) is 0 Å². The quantitative estimate of drug-likeness (QED) is 0.547. The maximum Gasteiger partial charge on any atom is 0.251 e. The van der Waals surface area contributed by atoms with Gasteiger partial charge in [-0.05, 0) is 61.9 Å². The zero-order chi connectivity index (χ0) is 21.1. The van der Waals surface area contributed by atoms with Gasteiger partial charge in [-0.15, -0.1) is 0 Å². The van der Waals surface area contributed by atoms with Gasteiger partial charge in [-0.2, -0.15) is 5.10 Å². The zero-order valence-corrected chi connectivity index (χ0v) is 19.3. The Morgan fingerprint density at radius 3 is 2.55 bits per heavy atom. The van der Waals surface area contributed by atoms with Gasteiger partial charge in [0.05, 0.1) is 26.9 Å². The third kappa shape index (κ3) is 4.38. The Labute approximate surface area is 180 Å². The van der Waals surface area contributed by atoms with Crippen LogP contribution in [0.15, 0.2) is 28.7 Å². The molecule has 0 radical (unpaired) electrons. The Kier molecular flexibility index (Phi) is 6.74. The van der Waals surface area contributed by atoms with Gasteiger partial charge in [-0.25, -0.2) is 4.98 Å². The summed E-state index contributed by atoms with van der Waals surface area (Å²) < 4.78 is 4.77. The van der Waals surface area contributed by atoms with Crippen LogP contribution in [0.4, 0.5) is 5.95 Å². The Hall–Kier alpha value is -2.19. The van der Waals surface area contributed by atoms with Crippen LogP contribution in [0.2, 0.25) is 0 Å². The molecule has 1 amide bonds. The van der Waals surface area contributed by atoms with Crippen molar-refractivity contribution in [2.45, 2.75) is 47.2 Å². The van der Waals surface area contributed by atoms with Gasteiger partial charge in [0.25, 0.3) is 5.91 Å². The average Bonchev–Trinajstić information content (AvgIpc) is 3.20. The molecule has 0 aliphatic carbocycles. The lowest BCUT2D eigenvalue weighted by atomic mass is 10.3. The summed E-state index contributed by atoms with van der Waals surface area (Å²) in [7, 11) is 0. The lowest BCUT2D eigenvalue weighted by Crippen LogP contribution is -2.29. The van der Waals surface area contributed by atoms with Gasteiger partial charge in [0.15, 0.2) is 0 Å². The molecule has 2 aromatic heterocycles. The molecule has 0 saturated heterocycles. The van der Waals surface area contributed by atoms with Crippen LogP contribution in [0, 0.1) is 13.8 Å². The highest BCUT2D eigenvalue weighted by Crippen LogP contribution is 2.24. The van der Waals surface area contributed by atoms with Crippen LogP contribution in [0.25, 0.3) is 11.0 Å². The van der Waals surface area contributed by atoms with Crippen molar-refractivity contribution >= 4 is 38.8 Å². The fraction of sp³-hybridized carbons (Fsp3) is 0.476. The standard InChI is InChI=1S/C21H29BrN6O/c1-6-26(7-2)12-13-27-18-11-9-8-10-17(18)23-21(27)24-20(29)16(5)28-15(4)19(22)14(3)25-28/h8-11,16H,6-7,12-13H2,1-5H3,(H,23,24,29). The minimum Gasteiger partial charge on any atom is -0.309 e. The second-order valence-electron chi connectivity index (χ2n) is 7.20. The molecule has 7 nitrogen and oxygen atoms in total. The molecule has 0 spiro atoms. The molecule has 0 fully saturated rings. The van der Waals surface area contributed by atoms with Gasteiger partial charge in [-0.3, -0.25) is 14.8 Å². The number of benzene rings is 1. The van der Waals surface area contributed by atoms with Crippen molar-refractivity contribution in [2.24, 2.45) is 0 Å². The molecule has 1 aromatic carbocycles. The maximum absolute atomic E-state index is 13.0. The molecule has 156 valence electrons. The fourth-order valence-corrected chi connectivity index (χ4v) is 3.79. The number of anilines is 1. The summed E-state index contributed by atoms with van der Waals surface area (Å²) in [5, 5.41) is 7.53. The number of imidazole rings is 1. The topological polar surface area (TPSA) is 68.0 Å². The Morgan fingerprint density at radius 2 is 1.93 bits per heavy atom. The van der Waals surface area contributed by atoms with E-state index in [1.807, 2.05) is 45.0 Å². The monoisotopic (exact) mass is 460 g/mol. The second-order valence-corrected chi connectivity index (χ2v) is 7.99. The normalized spacial score (nSPS) is 12.7. The predicted octanol–water partition coefficient (Wildman–Crippen LogP) is 4.15. The Balaban J connectivity index is 1.87. The highest BCUT2D eigenvalue weighted by Gasteiger charge is 2.22. The van der Waals surface area contributed by atoms with Crippen LogP contribution in [0.1, 0.15) is 38.2 Å². The predicted molar refractivity (Wildman–Crippen MR) is 120 cm³/mol. The molecule has 0 aliphatic heterocycles. The van der Waals surface area contributed by atoms with E-state index < -0.39 is 6.04 Å². The number of aryl methyl sites for hydroxylation is 1. The van der Waals surface area contributed by atoms with Gasteiger partial charge in [0.1, 0.15) is 6.04 Å². The largest absolute Gasteiger partial charge is 0.309 e. The zero-order valence-electron chi connectivity index (χ0n) is 17.7. The van der Waals surface area contributed by atoms with E-state index in [1.54, 1.807) is 4.68 Å². The molecule has 0 aliphatic rings. The number of fused-ring (bicyclic) bond motifs is 1. The average molecular weight is 461 g/mol. The van der Waals surface area contributed by atoms with Crippen molar-refractivity contribution in [3.8, 4) is 0 Å². The van der Waals surface area contributed by atoms with E-state index in [1.165, 1.54) is 0 Å². The van der Waals surface area contributed by atoms with Crippen molar-refractivity contribution < 1.29 is 4.79 Å². The number of hydrogen-bond acceptors (Lipinski definition) is 4. The van der Waals surface area contributed by atoms with E-state index >= 15 is 0 Å². The van der Waals surface area contributed by atoms with Crippen LogP contribution in [-0.4, -0.2) is 49.8 Å². The number of carbonyl (C=O) groups excluding carboxylic acids is 1. The lowest BCUT2D eigenvalue weighted by molar-refractivity contribution is -0.119. The van der Waals surface area contributed by atoms with Crippen molar-refractivity contribution in [1.29, 1.82) is 0 Å². The van der Waals surface area contributed by atoms with Crippen LogP contribution in [-0.2, 0) is 11.3 Å². The molecule has 1 unspecified atom stereocenters. The Bertz CT molecular complexity index is 1000. The summed E-state index contributed by atoms with van der Waals surface area (Å²) in [5.74, 6) is 0.443. The highest BCUT2D eigenvalue weighted by molar-refractivity contribution is 9.10. The number of carbonyl (C=O) groups is 1. The number of nitrogens with one attached hydrogen (secondary N) is 1. The number of para-hydroxylation sites is 2. The van der Waals surface area contributed by atoms with Crippen LogP contribution in [0.3, 0.4) is 0 Å². The van der Waals surface area contributed by atoms with Gasteiger partial charge in [0, 0.05) is 13.1 Å². The summed E-state index contributed by atoms with van der Waals surface area (Å²) in [6, 6.07) is 7.53. The van der Waals surface area contributed by atoms with Gasteiger partial charge in [0.2, 0.25) is 5.95 Å². The van der Waals surface area contributed by atoms with Gasteiger partial charge >= 0.3 is 0 Å². The molecule has 1 atom stereocenters. The number of hydrogen-bond donors (Lipinski definition) is 1. The molecular formula is C21H29BrN6O. The van der Waals surface area contributed by atoms with Crippen LogP contribution in [0.5, 0.6) is 0 Å². The third-order valence-corrected chi connectivity index (χ3v) is 6.55. The molecule has 0 bridgehead atoms. The first-order valence-corrected chi connectivity index (χ1v) is 10.9. The highest BCUT2D eigenvalue weighted by atomic mass is 79.9. The molecular weight excluding hydrogens is 432 g/mol. The number of likely N-dealkylation sites (N-methyl/N-ethyl adjacent to an activating group) is 1. The lowest BCUT2D eigenvalue weighted by Gasteiger charge is -2.20. The minimum atomic E-state index is -0.448. The van der Waals surface area contributed by atoms with E-state index in [2.05, 4.69) is 54.6 Å². The van der Waals surface area contributed by atoms with Crippen LogP contribution >= 0.6 is 15.9 Å². The number of rotatable bonds is 8. The molecule has 8 heteroatoms. The number of amides is 1. The molecule has 0 saturated carbocycles. The van der Waals surface area contributed by atoms with Gasteiger partial charge in [-0.1, -0.05) is 26.0 Å². The molecule has 2 heterocycles. The number of aromatic nitrogens is 4. The first-order valence-electron chi connectivity index (χ1n) is 10.1. The van der Waals surface area contributed by atoms with Gasteiger partial charge < -0.3 is 9.47 Å². The maximum atomic E-state index is 13.0. The molecule has 1 N–H and O–H groups in total. The number of halogens is 1. The SMILES string of the molecule is CCN(CC)CCn1c(NC(=O)C(C)n2nc(C)c(Br)c2C)nc2ccccc21. The minimum absolute atomic E-state index is 0.137. The van der Waals surface area contributed by atoms with E-state index in [9.17, 15) is 4.79 Å². The van der Waals surface area contributed by atoms with Crippen molar-refractivity contribution in [2.75, 3.05) is 25.0 Å². The number of nitrogens with zero attached hydrogens (tertiary/aromatic N) is 5. The first kappa shape index (κ1) is 21.5.